The molecular weight excluding hydrogens is 252 g/mol. The smallest absolute Gasteiger partial charge is 0.228 e. The van der Waals surface area contributed by atoms with Crippen molar-refractivity contribution in [3.63, 3.8) is 0 Å². The van der Waals surface area contributed by atoms with Gasteiger partial charge in [0.1, 0.15) is 0 Å². The van der Waals surface area contributed by atoms with Gasteiger partial charge in [-0.2, -0.15) is 0 Å². The van der Waals surface area contributed by atoms with Crippen LogP contribution in [0.3, 0.4) is 0 Å². The van der Waals surface area contributed by atoms with Gasteiger partial charge in [0, 0.05) is 28.7 Å². The Morgan fingerprint density at radius 3 is 2.80 bits per heavy atom. The Bertz CT molecular complexity index is 689. The third-order valence-corrected chi connectivity index (χ3v) is 3.61. The molecule has 0 saturated heterocycles. The first-order chi connectivity index (χ1) is 9.74. The van der Waals surface area contributed by atoms with Crippen molar-refractivity contribution >= 4 is 11.6 Å². The van der Waals surface area contributed by atoms with Gasteiger partial charge in [-0.1, -0.05) is 18.2 Å². The molecule has 1 heterocycles. The number of pyridine rings is 1. The highest BCUT2D eigenvalue weighted by molar-refractivity contribution is 5.92. The predicted octanol–water partition coefficient (Wildman–Crippen LogP) is 2.04. The Kier molecular flexibility index (Phi) is 3.37. The Morgan fingerprint density at radius 1 is 1.20 bits per heavy atom. The van der Waals surface area contributed by atoms with Crippen LogP contribution >= 0.6 is 0 Å². The molecule has 102 valence electrons. The first kappa shape index (κ1) is 12.7. The van der Waals surface area contributed by atoms with Gasteiger partial charge < -0.3 is 10.3 Å². The molecule has 0 atom stereocenters. The fraction of sp³-hybridized carbons (Fsp3) is 0.250. The largest absolute Gasteiger partial charge is 0.364 e. The highest BCUT2D eigenvalue weighted by atomic mass is 16.1. The van der Waals surface area contributed by atoms with E-state index in [0.717, 1.165) is 36.2 Å². The molecule has 2 N–H and O–H groups in total. The third kappa shape index (κ3) is 2.50. The molecule has 0 aliphatic heterocycles. The monoisotopic (exact) mass is 268 g/mol. The molecule has 2 aromatic rings. The Hall–Kier alpha value is -2.36. The van der Waals surface area contributed by atoms with Crippen molar-refractivity contribution in [1.29, 1.82) is 0 Å². The SMILES string of the molecule is O=C(Cc1c[nH]c2c(c1=O)CCC2)Nc1ccccc1. The van der Waals surface area contributed by atoms with E-state index in [0.29, 0.717) is 5.56 Å². The maximum Gasteiger partial charge on any atom is 0.228 e. The van der Waals surface area contributed by atoms with Crippen molar-refractivity contribution in [2.75, 3.05) is 5.32 Å². The van der Waals surface area contributed by atoms with Crippen LogP contribution in [0.5, 0.6) is 0 Å². The highest BCUT2D eigenvalue weighted by Crippen LogP contribution is 2.16. The Labute approximate surface area is 116 Å². The van der Waals surface area contributed by atoms with Crippen molar-refractivity contribution in [3.05, 3.63) is 63.6 Å². The molecule has 20 heavy (non-hydrogen) atoms. The highest BCUT2D eigenvalue weighted by Gasteiger charge is 2.17. The van der Waals surface area contributed by atoms with Crippen molar-refractivity contribution < 1.29 is 4.79 Å². The normalized spacial score (nSPS) is 13.0. The summed E-state index contributed by atoms with van der Waals surface area (Å²) in [6.45, 7) is 0. The van der Waals surface area contributed by atoms with Crippen molar-refractivity contribution in [1.82, 2.24) is 4.98 Å². The van der Waals surface area contributed by atoms with E-state index in [1.807, 2.05) is 30.3 Å². The van der Waals surface area contributed by atoms with Crippen molar-refractivity contribution in [3.8, 4) is 0 Å². The van der Waals surface area contributed by atoms with Gasteiger partial charge in [-0.3, -0.25) is 9.59 Å². The lowest BCUT2D eigenvalue weighted by molar-refractivity contribution is -0.115. The number of hydrogen-bond acceptors (Lipinski definition) is 2. The van der Waals surface area contributed by atoms with Crippen LogP contribution in [-0.4, -0.2) is 10.9 Å². The van der Waals surface area contributed by atoms with Crippen LogP contribution < -0.4 is 10.7 Å². The zero-order chi connectivity index (χ0) is 13.9. The summed E-state index contributed by atoms with van der Waals surface area (Å²) in [7, 11) is 0. The topological polar surface area (TPSA) is 62.0 Å². The summed E-state index contributed by atoms with van der Waals surface area (Å²) in [6, 6.07) is 9.26. The molecule has 0 unspecified atom stereocenters. The minimum absolute atomic E-state index is 0.0273. The summed E-state index contributed by atoms with van der Waals surface area (Å²) in [5, 5.41) is 2.79. The van der Waals surface area contributed by atoms with Gasteiger partial charge in [0.15, 0.2) is 5.43 Å². The van der Waals surface area contributed by atoms with Gasteiger partial charge in [0.05, 0.1) is 6.42 Å². The van der Waals surface area contributed by atoms with Crippen molar-refractivity contribution in [2.45, 2.75) is 25.7 Å². The van der Waals surface area contributed by atoms with E-state index in [1.165, 1.54) is 0 Å². The lowest BCUT2D eigenvalue weighted by Crippen LogP contribution is -2.22. The quantitative estimate of drug-likeness (QED) is 0.895. The number of para-hydroxylation sites is 1. The molecule has 3 rings (SSSR count). The van der Waals surface area contributed by atoms with Crippen LogP contribution in [0.2, 0.25) is 0 Å². The van der Waals surface area contributed by atoms with E-state index in [4.69, 9.17) is 0 Å². The van der Waals surface area contributed by atoms with E-state index in [2.05, 4.69) is 10.3 Å². The average Bonchev–Trinajstić information content (AvgIpc) is 2.92. The number of hydrogen-bond donors (Lipinski definition) is 2. The predicted molar refractivity (Wildman–Crippen MR) is 77.9 cm³/mol. The number of aryl methyl sites for hydroxylation is 1. The molecular formula is C16H16N2O2. The van der Waals surface area contributed by atoms with Gasteiger partial charge in [0.2, 0.25) is 5.91 Å². The minimum Gasteiger partial charge on any atom is -0.364 e. The molecule has 1 aliphatic carbocycles. The van der Waals surface area contributed by atoms with E-state index in [1.54, 1.807) is 6.20 Å². The van der Waals surface area contributed by atoms with Crippen LogP contribution in [0, 0.1) is 0 Å². The van der Waals surface area contributed by atoms with Gasteiger partial charge >= 0.3 is 0 Å². The minimum atomic E-state index is -0.167. The first-order valence-corrected chi connectivity index (χ1v) is 6.81. The maximum absolute atomic E-state index is 12.2. The lowest BCUT2D eigenvalue weighted by Gasteiger charge is -2.06. The number of aromatic amines is 1. The molecule has 4 nitrogen and oxygen atoms in total. The van der Waals surface area contributed by atoms with Gasteiger partial charge in [0.25, 0.3) is 0 Å². The van der Waals surface area contributed by atoms with Crippen molar-refractivity contribution in [2.24, 2.45) is 0 Å². The molecule has 0 saturated carbocycles. The summed E-state index contributed by atoms with van der Waals surface area (Å²) in [5.74, 6) is -0.167. The van der Waals surface area contributed by atoms with Crippen LogP contribution in [-0.2, 0) is 24.1 Å². The number of carbonyl (C=O) groups is 1. The molecule has 1 aromatic carbocycles. The number of carbonyl (C=O) groups excluding carboxylic acids is 1. The summed E-state index contributed by atoms with van der Waals surface area (Å²) < 4.78 is 0. The molecule has 0 spiro atoms. The van der Waals surface area contributed by atoms with E-state index < -0.39 is 0 Å². The molecule has 4 heteroatoms. The van der Waals surface area contributed by atoms with Crippen LogP contribution in [0.15, 0.2) is 41.3 Å². The standard InChI is InChI=1S/C16H16N2O2/c19-15(18-12-5-2-1-3-6-12)9-11-10-17-14-8-4-7-13(14)16(11)20/h1-3,5-6,10H,4,7-9H2,(H,17,20)(H,18,19). The second-order valence-electron chi connectivity index (χ2n) is 5.04. The van der Waals surface area contributed by atoms with Gasteiger partial charge in [-0.25, -0.2) is 0 Å². The molecule has 1 amide bonds. The summed E-state index contributed by atoms with van der Waals surface area (Å²) >= 11 is 0. The molecule has 1 aromatic heterocycles. The zero-order valence-corrected chi connectivity index (χ0v) is 11.1. The number of H-pyrrole nitrogens is 1. The van der Waals surface area contributed by atoms with E-state index in [-0.39, 0.29) is 17.8 Å². The number of nitrogens with one attached hydrogen (secondary N) is 2. The number of rotatable bonds is 3. The average molecular weight is 268 g/mol. The second-order valence-corrected chi connectivity index (χ2v) is 5.04. The number of aromatic nitrogens is 1. The summed E-state index contributed by atoms with van der Waals surface area (Å²) in [6.07, 6.45) is 4.55. The Morgan fingerprint density at radius 2 is 2.00 bits per heavy atom. The molecule has 1 aliphatic rings. The fourth-order valence-corrected chi connectivity index (χ4v) is 2.62. The Balaban J connectivity index is 1.75. The number of amides is 1. The van der Waals surface area contributed by atoms with Crippen LogP contribution in [0.25, 0.3) is 0 Å². The number of anilines is 1. The summed E-state index contributed by atoms with van der Waals surface area (Å²) in [5.41, 5.74) is 3.20. The summed E-state index contributed by atoms with van der Waals surface area (Å²) in [4.78, 5) is 27.4. The lowest BCUT2D eigenvalue weighted by atomic mass is 10.1. The second kappa shape index (κ2) is 5.33. The van der Waals surface area contributed by atoms with E-state index in [9.17, 15) is 9.59 Å². The third-order valence-electron chi connectivity index (χ3n) is 3.61. The molecule has 0 fully saturated rings. The first-order valence-electron chi connectivity index (χ1n) is 6.81. The number of fused-ring (bicyclic) bond motifs is 1. The number of benzene rings is 1. The molecule has 0 bridgehead atoms. The van der Waals surface area contributed by atoms with E-state index >= 15 is 0 Å². The molecule has 0 radical (unpaired) electrons. The maximum atomic E-state index is 12.2. The van der Waals surface area contributed by atoms with Crippen LogP contribution in [0.1, 0.15) is 23.2 Å². The fourth-order valence-electron chi connectivity index (χ4n) is 2.62. The zero-order valence-electron chi connectivity index (χ0n) is 11.1. The van der Waals surface area contributed by atoms with Gasteiger partial charge in [-0.15, -0.1) is 0 Å². The van der Waals surface area contributed by atoms with Crippen LogP contribution in [0.4, 0.5) is 5.69 Å². The van der Waals surface area contributed by atoms with Gasteiger partial charge in [-0.05, 0) is 31.4 Å².